The number of aromatic hydroxyl groups is 1. The van der Waals surface area contributed by atoms with Gasteiger partial charge in [-0.2, -0.15) is 5.26 Å². The Morgan fingerprint density at radius 3 is 2.53 bits per heavy atom. The highest BCUT2D eigenvalue weighted by atomic mass is 16.5. The molecule has 0 fully saturated rings. The maximum atomic E-state index is 9.43. The van der Waals surface area contributed by atoms with Crippen molar-refractivity contribution in [1.82, 2.24) is 0 Å². The van der Waals surface area contributed by atoms with Gasteiger partial charge in [-0.15, -0.1) is 0 Å². The number of anilines is 1. The molecule has 0 radical (unpaired) electrons. The molecule has 0 aliphatic heterocycles. The molecule has 2 aromatic carbocycles. The van der Waals surface area contributed by atoms with E-state index in [2.05, 4.69) is 0 Å². The normalized spacial score (nSPS) is 9.59. The molecule has 4 nitrogen and oxygen atoms in total. The molecule has 2 rings (SSSR count). The summed E-state index contributed by atoms with van der Waals surface area (Å²) >= 11 is 0. The quantitative estimate of drug-likeness (QED) is 0.609. The lowest BCUT2D eigenvalue weighted by Crippen LogP contribution is -1.93. The molecule has 17 heavy (non-hydrogen) atoms. The first kappa shape index (κ1) is 10.8. The molecule has 3 N–H and O–H groups in total. The highest BCUT2D eigenvalue weighted by molar-refractivity contribution is 5.63. The van der Waals surface area contributed by atoms with Gasteiger partial charge in [0.15, 0.2) is 5.75 Å². The number of nitrogens with zero attached hydrogens (tertiary/aromatic N) is 1. The molecule has 0 atom stereocenters. The van der Waals surface area contributed by atoms with Gasteiger partial charge in [0.25, 0.3) is 0 Å². The molecule has 0 saturated carbocycles. The third-order valence-electron chi connectivity index (χ3n) is 2.27. The maximum absolute atomic E-state index is 9.43. The zero-order valence-electron chi connectivity index (χ0n) is 8.92. The van der Waals surface area contributed by atoms with Gasteiger partial charge < -0.3 is 15.6 Å². The average molecular weight is 226 g/mol. The van der Waals surface area contributed by atoms with Crippen molar-refractivity contribution in [1.29, 1.82) is 5.26 Å². The molecule has 0 unspecified atom stereocenters. The van der Waals surface area contributed by atoms with Gasteiger partial charge in [0.2, 0.25) is 0 Å². The van der Waals surface area contributed by atoms with E-state index in [0.717, 1.165) is 0 Å². The number of phenolic OH excluding ortho intramolecular Hbond substituents is 1. The Bertz CT molecular complexity index is 588. The molecular weight excluding hydrogens is 216 g/mol. The Morgan fingerprint density at radius 2 is 1.76 bits per heavy atom. The Hall–Kier alpha value is -2.67. The fourth-order valence-corrected chi connectivity index (χ4v) is 1.39. The van der Waals surface area contributed by atoms with E-state index >= 15 is 0 Å². The molecule has 84 valence electrons. The number of phenols is 1. The molecule has 0 bridgehead atoms. The number of rotatable bonds is 2. The molecule has 0 aliphatic rings. The molecule has 0 aromatic heterocycles. The van der Waals surface area contributed by atoms with Crippen molar-refractivity contribution in [3.8, 4) is 23.3 Å². The highest BCUT2D eigenvalue weighted by Crippen LogP contribution is 2.34. The fraction of sp³-hybridized carbons (Fsp3) is 0. The SMILES string of the molecule is N#Cc1ccccc1Oc1cccc(O)c1N. The first-order valence-corrected chi connectivity index (χ1v) is 4.97. The molecule has 4 heteroatoms. The summed E-state index contributed by atoms with van der Waals surface area (Å²) in [5, 5.41) is 18.3. The minimum absolute atomic E-state index is 0.0445. The van der Waals surface area contributed by atoms with Crippen molar-refractivity contribution < 1.29 is 9.84 Å². The number of hydrogen-bond acceptors (Lipinski definition) is 4. The first-order chi connectivity index (χ1) is 8.22. The third kappa shape index (κ3) is 2.13. The van der Waals surface area contributed by atoms with Crippen molar-refractivity contribution in [3.63, 3.8) is 0 Å². The van der Waals surface area contributed by atoms with Crippen LogP contribution in [0.2, 0.25) is 0 Å². The molecule has 0 spiro atoms. The summed E-state index contributed by atoms with van der Waals surface area (Å²) in [6, 6.07) is 13.6. The molecular formula is C13H10N2O2. The van der Waals surface area contributed by atoms with Gasteiger partial charge in [-0.1, -0.05) is 18.2 Å². The second kappa shape index (κ2) is 4.45. The van der Waals surface area contributed by atoms with Gasteiger partial charge in [0.05, 0.1) is 5.56 Å². The van der Waals surface area contributed by atoms with Crippen LogP contribution in [0.15, 0.2) is 42.5 Å². The van der Waals surface area contributed by atoms with Crippen LogP contribution in [-0.4, -0.2) is 5.11 Å². The van der Waals surface area contributed by atoms with Crippen LogP contribution < -0.4 is 10.5 Å². The van der Waals surface area contributed by atoms with E-state index in [0.29, 0.717) is 17.1 Å². The van der Waals surface area contributed by atoms with E-state index in [1.807, 2.05) is 6.07 Å². The van der Waals surface area contributed by atoms with Crippen LogP contribution in [0.4, 0.5) is 5.69 Å². The first-order valence-electron chi connectivity index (χ1n) is 4.97. The number of hydrogen-bond donors (Lipinski definition) is 2. The largest absolute Gasteiger partial charge is 0.506 e. The summed E-state index contributed by atoms with van der Waals surface area (Å²) in [6.45, 7) is 0. The zero-order valence-corrected chi connectivity index (χ0v) is 8.92. The highest BCUT2D eigenvalue weighted by Gasteiger charge is 2.08. The molecule has 0 saturated heterocycles. The number of ether oxygens (including phenoxy) is 1. The Labute approximate surface area is 98.5 Å². The summed E-state index contributed by atoms with van der Waals surface area (Å²) in [5.41, 5.74) is 6.23. The monoisotopic (exact) mass is 226 g/mol. The van der Waals surface area contributed by atoms with Gasteiger partial charge >= 0.3 is 0 Å². The van der Waals surface area contributed by atoms with E-state index < -0.39 is 0 Å². The van der Waals surface area contributed by atoms with Gasteiger partial charge in [-0.05, 0) is 24.3 Å². The lowest BCUT2D eigenvalue weighted by molar-refractivity contribution is 0.459. The third-order valence-corrected chi connectivity index (χ3v) is 2.27. The molecule has 0 aliphatic carbocycles. The molecule has 2 aromatic rings. The zero-order chi connectivity index (χ0) is 12.3. The van der Waals surface area contributed by atoms with Gasteiger partial charge in [0, 0.05) is 0 Å². The van der Waals surface area contributed by atoms with E-state index in [9.17, 15) is 5.11 Å². The van der Waals surface area contributed by atoms with Crippen LogP contribution in [0.1, 0.15) is 5.56 Å². The minimum atomic E-state index is -0.0445. The number of nitrogen functional groups attached to an aromatic ring is 1. The van der Waals surface area contributed by atoms with Crippen LogP contribution in [0.3, 0.4) is 0 Å². The second-order valence-electron chi connectivity index (χ2n) is 3.40. The Kier molecular flexibility index (Phi) is 2.84. The van der Waals surface area contributed by atoms with Gasteiger partial charge in [-0.3, -0.25) is 0 Å². The summed E-state index contributed by atoms with van der Waals surface area (Å²) in [7, 11) is 0. The van der Waals surface area contributed by atoms with Crippen molar-refractivity contribution in [2.75, 3.05) is 5.73 Å². The molecule has 0 amide bonds. The van der Waals surface area contributed by atoms with E-state index in [4.69, 9.17) is 15.7 Å². The van der Waals surface area contributed by atoms with E-state index in [1.54, 1.807) is 36.4 Å². The van der Waals surface area contributed by atoms with Crippen LogP contribution in [0, 0.1) is 11.3 Å². The minimum Gasteiger partial charge on any atom is -0.506 e. The summed E-state index contributed by atoms with van der Waals surface area (Å²) < 4.78 is 5.50. The van der Waals surface area contributed by atoms with Crippen molar-refractivity contribution >= 4 is 5.69 Å². The number of benzene rings is 2. The van der Waals surface area contributed by atoms with Crippen LogP contribution in [0.5, 0.6) is 17.2 Å². The summed E-state index contributed by atoms with van der Waals surface area (Å²) in [6.07, 6.45) is 0. The number of para-hydroxylation sites is 2. The smallest absolute Gasteiger partial charge is 0.154 e. The van der Waals surface area contributed by atoms with Crippen LogP contribution >= 0.6 is 0 Å². The van der Waals surface area contributed by atoms with Crippen molar-refractivity contribution in [2.45, 2.75) is 0 Å². The number of nitrogens with two attached hydrogens (primary N) is 1. The summed E-state index contributed by atoms with van der Waals surface area (Å²) in [5.74, 6) is 0.692. The Balaban J connectivity index is 2.39. The van der Waals surface area contributed by atoms with Crippen LogP contribution in [-0.2, 0) is 0 Å². The van der Waals surface area contributed by atoms with Crippen LogP contribution in [0.25, 0.3) is 0 Å². The van der Waals surface area contributed by atoms with Crippen molar-refractivity contribution in [3.05, 3.63) is 48.0 Å². The Morgan fingerprint density at radius 1 is 1.06 bits per heavy atom. The van der Waals surface area contributed by atoms with Crippen molar-refractivity contribution in [2.24, 2.45) is 0 Å². The lowest BCUT2D eigenvalue weighted by atomic mass is 10.2. The predicted octanol–water partition coefficient (Wildman–Crippen LogP) is 2.64. The maximum Gasteiger partial charge on any atom is 0.154 e. The molecule has 0 heterocycles. The number of nitriles is 1. The van der Waals surface area contributed by atoms with Gasteiger partial charge in [-0.25, -0.2) is 0 Å². The average Bonchev–Trinajstić information content (AvgIpc) is 2.35. The second-order valence-corrected chi connectivity index (χ2v) is 3.40. The van der Waals surface area contributed by atoms with E-state index in [1.165, 1.54) is 6.07 Å². The lowest BCUT2D eigenvalue weighted by Gasteiger charge is -2.10. The predicted molar refractivity (Wildman–Crippen MR) is 63.8 cm³/mol. The standard InChI is InChI=1S/C13H10N2O2/c14-8-9-4-1-2-6-11(9)17-12-7-3-5-10(16)13(12)15/h1-7,16H,15H2. The van der Waals surface area contributed by atoms with Gasteiger partial charge in [0.1, 0.15) is 23.3 Å². The summed E-state index contributed by atoms with van der Waals surface area (Å²) in [4.78, 5) is 0. The topological polar surface area (TPSA) is 79.3 Å². The van der Waals surface area contributed by atoms with E-state index in [-0.39, 0.29) is 11.4 Å². The fourth-order valence-electron chi connectivity index (χ4n) is 1.39.